The van der Waals surface area contributed by atoms with Crippen molar-refractivity contribution >= 4 is 21.8 Å². The first kappa shape index (κ1) is 19.9. The average molecular weight is 442 g/mol. The van der Waals surface area contributed by atoms with E-state index >= 15 is 0 Å². The van der Waals surface area contributed by atoms with Gasteiger partial charge in [-0.2, -0.15) is 0 Å². The van der Waals surface area contributed by atoms with E-state index in [9.17, 15) is 13.2 Å². The number of fused-ring (bicyclic) bond motifs is 2. The molecule has 0 aromatic heterocycles. The van der Waals surface area contributed by atoms with Crippen LogP contribution in [-0.2, 0) is 14.8 Å². The van der Waals surface area contributed by atoms with E-state index in [1.165, 1.54) is 0 Å². The molecule has 3 aliphatic heterocycles. The van der Waals surface area contributed by atoms with Gasteiger partial charge in [0.15, 0.2) is 11.5 Å². The minimum atomic E-state index is -3.57. The molecule has 162 valence electrons. The molecule has 3 aliphatic rings. The van der Waals surface area contributed by atoms with E-state index in [0.717, 1.165) is 29.9 Å². The van der Waals surface area contributed by atoms with Crippen LogP contribution in [0.4, 0.5) is 0 Å². The van der Waals surface area contributed by atoms with Crippen molar-refractivity contribution in [3.8, 4) is 11.5 Å². The fourth-order valence-corrected chi connectivity index (χ4v) is 5.59. The summed E-state index contributed by atoms with van der Waals surface area (Å²) in [5.41, 5.74) is 1.59. The second kappa shape index (κ2) is 7.88. The number of nitrogens with zero attached hydrogens (tertiary/aromatic N) is 2. The number of hydrogen-bond acceptors (Lipinski definition) is 6. The molecule has 31 heavy (non-hydrogen) atoms. The number of nitrogens with one attached hydrogen (secondary N) is 1. The Labute approximate surface area is 180 Å². The summed E-state index contributed by atoms with van der Waals surface area (Å²) < 4.78 is 38.1. The molecule has 3 heterocycles. The number of amidine groups is 1. The molecule has 2 aromatic carbocycles. The fourth-order valence-electron chi connectivity index (χ4n) is 4.34. The van der Waals surface area contributed by atoms with Gasteiger partial charge < -0.3 is 14.4 Å². The van der Waals surface area contributed by atoms with Crippen molar-refractivity contribution in [3.63, 3.8) is 0 Å². The summed E-state index contributed by atoms with van der Waals surface area (Å²) in [6, 6.07) is 12.6. The van der Waals surface area contributed by atoms with Crippen LogP contribution < -0.4 is 14.2 Å². The largest absolute Gasteiger partial charge is 0.486 e. The number of likely N-dealkylation sites (tertiary alicyclic amines) is 1. The van der Waals surface area contributed by atoms with Gasteiger partial charge in [0, 0.05) is 18.5 Å². The standard InChI is InChI=1S/C22H23N3O5S/c26-21(9-10-23-22-16-4-1-2-6-20(16)31(27,28)24-22)25-11-3-5-17(25)15-7-8-18-19(14-15)30-13-12-29-18/h1-2,4,6-8,14,17H,3,5,9-13H2,(H,23,24)/t17-/m0/s1. The zero-order chi connectivity index (χ0) is 21.4. The molecule has 5 rings (SSSR count). The number of aliphatic imine (C=N–C) groups is 1. The minimum absolute atomic E-state index is 0.00156. The molecule has 1 amide bonds. The van der Waals surface area contributed by atoms with Crippen LogP contribution >= 0.6 is 0 Å². The first-order chi connectivity index (χ1) is 15.0. The molecule has 0 bridgehead atoms. The lowest BCUT2D eigenvalue weighted by Gasteiger charge is -2.26. The molecule has 1 fully saturated rings. The van der Waals surface area contributed by atoms with Crippen molar-refractivity contribution in [3.05, 3.63) is 53.6 Å². The van der Waals surface area contributed by atoms with Crippen LogP contribution in [0.2, 0.25) is 0 Å². The lowest BCUT2D eigenvalue weighted by Crippen LogP contribution is -2.31. The van der Waals surface area contributed by atoms with E-state index in [2.05, 4.69) is 9.71 Å². The molecule has 2 aromatic rings. The number of rotatable bonds is 4. The number of benzene rings is 2. The zero-order valence-electron chi connectivity index (χ0n) is 16.9. The van der Waals surface area contributed by atoms with E-state index in [0.29, 0.717) is 31.2 Å². The monoisotopic (exact) mass is 441 g/mol. The lowest BCUT2D eigenvalue weighted by atomic mass is 10.0. The topological polar surface area (TPSA) is 97.3 Å². The summed E-state index contributed by atoms with van der Waals surface area (Å²) >= 11 is 0. The first-order valence-electron chi connectivity index (χ1n) is 10.4. The van der Waals surface area contributed by atoms with Gasteiger partial charge in [0.25, 0.3) is 10.0 Å². The van der Waals surface area contributed by atoms with Crippen molar-refractivity contribution < 1.29 is 22.7 Å². The molecule has 0 aliphatic carbocycles. The third-order valence-corrected chi connectivity index (χ3v) is 7.18. The highest BCUT2D eigenvalue weighted by Gasteiger charge is 2.32. The Balaban J connectivity index is 1.27. The summed E-state index contributed by atoms with van der Waals surface area (Å²) in [4.78, 5) is 19.4. The average Bonchev–Trinajstić information content (AvgIpc) is 3.37. The quantitative estimate of drug-likeness (QED) is 0.785. The van der Waals surface area contributed by atoms with Crippen molar-refractivity contribution in [2.75, 3.05) is 26.3 Å². The molecule has 1 N–H and O–H groups in total. The lowest BCUT2D eigenvalue weighted by molar-refractivity contribution is -0.131. The Morgan fingerprint density at radius 3 is 2.81 bits per heavy atom. The van der Waals surface area contributed by atoms with Crippen LogP contribution in [0.25, 0.3) is 0 Å². The summed E-state index contributed by atoms with van der Waals surface area (Å²) in [6.45, 7) is 1.99. The molecular formula is C22H23N3O5S. The predicted molar refractivity (Wildman–Crippen MR) is 114 cm³/mol. The molecule has 0 spiro atoms. The molecule has 0 radical (unpaired) electrons. The van der Waals surface area contributed by atoms with Crippen molar-refractivity contribution in [2.45, 2.75) is 30.2 Å². The van der Waals surface area contributed by atoms with E-state index in [-0.39, 0.29) is 29.8 Å². The smallest absolute Gasteiger partial charge is 0.263 e. The summed E-state index contributed by atoms with van der Waals surface area (Å²) in [7, 11) is -3.57. The van der Waals surface area contributed by atoms with E-state index < -0.39 is 10.0 Å². The number of hydrogen-bond donors (Lipinski definition) is 1. The number of carbonyl (C=O) groups excluding carboxylic acids is 1. The number of ether oxygens (including phenoxy) is 2. The fraction of sp³-hybridized carbons (Fsp3) is 0.364. The van der Waals surface area contributed by atoms with Gasteiger partial charge in [-0.15, -0.1) is 0 Å². The Kier molecular flexibility index (Phi) is 5.05. The second-order valence-electron chi connectivity index (χ2n) is 7.73. The maximum absolute atomic E-state index is 12.9. The Morgan fingerprint density at radius 2 is 1.94 bits per heavy atom. The molecule has 1 saturated heterocycles. The zero-order valence-corrected chi connectivity index (χ0v) is 17.7. The van der Waals surface area contributed by atoms with Crippen LogP contribution in [0, 0.1) is 0 Å². The Morgan fingerprint density at radius 1 is 1.13 bits per heavy atom. The van der Waals surface area contributed by atoms with Crippen LogP contribution in [0.5, 0.6) is 11.5 Å². The van der Waals surface area contributed by atoms with E-state index in [1.807, 2.05) is 23.1 Å². The van der Waals surface area contributed by atoms with Crippen molar-refractivity contribution in [1.82, 2.24) is 9.62 Å². The molecule has 0 saturated carbocycles. The van der Waals surface area contributed by atoms with Gasteiger partial charge in [0.2, 0.25) is 5.91 Å². The third-order valence-electron chi connectivity index (χ3n) is 5.78. The molecule has 1 atom stereocenters. The highest BCUT2D eigenvalue weighted by molar-refractivity contribution is 7.90. The second-order valence-corrected chi connectivity index (χ2v) is 9.38. The van der Waals surface area contributed by atoms with E-state index in [4.69, 9.17) is 9.47 Å². The van der Waals surface area contributed by atoms with Crippen LogP contribution in [-0.4, -0.2) is 51.4 Å². The molecule has 0 unspecified atom stereocenters. The highest BCUT2D eigenvalue weighted by atomic mass is 32.2. The van der Waals surface area contributed by atoms with Crippen LogP contribution in [0.1, 0.15) is 36.4 Å². The predicted octanol–water partition coefficient (Wildman–Crippen LogP) is 2.25. The van der Waals surface area contributed by atoms with Crippen LogP contribution in [0.3, 0.4) is 0 Å². The normalized spacial score (nSPS) is 22.3. The summed E-state index contributed by atoms with van der Waals surface area (Å²) in [6.07, 6.45) is 2.05. The van der Waals surface area contributed by atoms with Gasteiger partial charge >= 0.3 is 0 Å². The first-order valence-corrected chi connectivity index (χ1v) is 11.9. The van der Waals surface area contributed by atoms with Gasteiger partial charge in [0.1, 0.15) is 19.0 Å². The van der Waals surface area contributed by atoms with Gasteiger partial charge in [-0.1, -0.05) is 18.2 Å². The number of sulfonamides is 1. The Hall–Kier alpha value is -3.07. The maximum atomic E-state index is 12.9. The van der Waals surface area contributed by atoms with Crippen molar-refractivity contribution in [2.24, 2.45) is 4.99 Å². The van der Waals surface area contributed by atoms with Gasteiger partial charge in [0.05, 0.1) is 17.5 Å². The summed E-state index contributed by atoms with van der Waals surface area (Å²) in [5, 5.41) is 0. The third kappa shape index (κ3) is 3.74. The molecule has 8 nitrogen and oxygen atoms in total. The Bertz CT molecular complexity index is 1160. The van der Waals surface area contributed by atoms with E-state index in [1.54, 1.807) is 24.3 Å². The highest BCUT2D eigenvalue weighted by Crippen LogP contribution is 2.38. The van der Waals surface area contributed by atoms with Crippen LogP contribution in [0.15, 0.2) is 52.4 Å². The summed E-state index contributed by atoms with van der Waals surface area (Å²) in [5.74, 6) is 1.77. The molecular weight excluding hydrogens is 418 g/mol. The SMILES string of the molecule is O=C(CCN=C1NS(=O)(=O)c2ccccc21)N1CCC[C@H]1c1ccc2c(c1)OCCO2. The minimum Gasteiger partial charge on any atom is -0.486 e. The van der Waals surface area contributed by atoms with Gasteiger partial charge in [-0.3, -0.25) is 14.5 Å². The maximum Gasteiger partial charge on any atom is 0.263 e. The van der Waals surface area contributed by atoms with Gasteiger partial charge in [-0.05, 0) is 42.7 Å². The number of amides is 1. The van der Waals surface area contributed by atoms with Crippen molar-refractivity contribution in [1.29, 1.82) is 0 Å². The number of carbonyl (C=O) groups is 1. The molecule has 9 heteroatoms. The van der Waals surface area contributed by atoms with Gasteiger partial charge in [-0.25, -0.2) is 8.42 Å².